The highest BCUT2D eigenvalue weighted by Gasteiger charge is 2.27. The lowest BCUT2D eigenvalue weighted by Gasteiger charge is -2.36. The second kappa shape index (κ2) is 5.09. The van der Waals surface area contributed by atoms with Gasteiger partial charge in [0.05, 0.1) is 4.47 Å². The summed E-state index contributed by atoms with van der Waals surface area (Å²) >= 11 is 3.51. The van der Waals surface area contributed by atoms with Crippen molar-refractivity contribution in [2.75, 3.05) is 18.0 Å². The normalized spacial score (nSPS) is 24.1. The molecule has 3 rings (SSSR count). The van der Waals surface area contributed by atoms with Gasteiger partial charge in [-0.2, -0.15) is 4.98 Å². The van der Waals surface area contributed by atoms with Crippen molar-refractivity contribution < 1.29 is 0 Å². The number of hydrogen-bond donors (Lipinski definition) is 1. The van der Waals surface area contributed by atoms with E-state index in [1.54, 1.807) is 0 Å². The summed E-state index contributed by atoms with van der Waals surface area (Å²) in [6, 6.07) is 4.41. The zero-order valence-electron chi connectivity index (χ0n) is 11.0. The summed E-state index contributed by atoms with van der Waals surface area (Å²) < 4.78 is 2.78. The minimum absolute atomic E-state index is 0.471. The van der Waals surface area contributed by atoms with Crippen molar-refractivity contribution in [1.29, 1.82) is 0 Å². The number of pyridine rings is 1. The monoisotopic (exact) mass is 323 g/mol. The molecule has 1 aliphatic rings. The van der Waals surface area contributed by atoms with E-state index in [4.69, 9.17) is 5.73 Å². The van der Waals surface area contributed by atoms with Crippen LogP contribution in [0.2, 0.25) is 0 Å². The van der Waals surface area contributed by atoms with E-state index in [0.29, 0.717) is 12.0 Å². The van der Waals surface area contributed by atoms with Gasteiger partial charge in [-0.1, -0.05) is 0 Å². The molecule has 0 aromatic carbocycles. The molecule has 2 aromatic rings. The van der Waals surface area contributed by atoms with E-state index in [1.807, 2.05) is 22.8 Å². The standard InChI is InChI=1S/C13H18BrN5/c1-9-4-5-10(7-15)8-18(9)13-16-12-11(14)3-2-6-19(12)17-13/h2-3,6,9-10H,4-5,7-8,15H2,1H3. The van der Waals surface area contributed by atoms with Gasteiger partial charge in [-0.25, -0.2) is 4.52 Å². The molecular weight excluding hydrogens is 306 g/mol. The summed E-state index contributed by atoms with van der Waals surface area (Å²) in [7, 11) is 0. The van der Waals surface area contributed by atoms with Crippen LogP contribution in [0.25, 0.3) is 5.65 Å². The van der Waals surface area contributed by atoms with Gasteiger partial charge in [0.1, 0.15) is 0 Å². The van der Waals surface area contributed by atoms with Gasteiger partial charge in [0.25, 0.3) is 0 Å². The summed E-state index contributed by atoms with van der Waals surface area (Å²) in [6.45, 7) is 3.92. The first kappa shape index (κ1) is 12.9. The lowest BCUT2D eigenvalue weighted by atomic mass is 9.94. The predicted octanol–water partition coefficient (Wildman–Crippen LogP) is 2.06. The number of halogens is 1. The Morgan fingerprint density at radius 1 is 1.47 bits per heavy atom. The van der Waals surface area contributed by atoms with Crippen LogP contribution in [-0.4, -0.2) is 33.7 Å². The minimum atomic E-state index is 0.471. The first-order chi connectivity index (χ1) is 9.19. The molecule has 0 bridgehead atoms. The third-order valence-electron chi connectivity index (χ3n) is 3.87. The molecule has 0 aliphatic carbocycles. The summed E-state index contributed by atoms with van der Waals surface area (Å²) in [4.78, 5) is 6.92. The maximum atomic E-state index is 5.81. The maximum Gasteiger partial charge on any atom is 0.245 e. The SMILES string of the molecule is CC1CCC(CN)CN1c1nc2c(Br)cccn2n1. The van der Waals surface area contributed by atoms with E-state index in [-0.39, 0.29) is 0 Å². The van der Waals surface area contributed by atoms with Crippen molar-refractivity contribution in [1.82, 2.24) is 14.6 Å². The van der Waals surface area contributed by atoms with Crippen LogP contribution in [0.1, 0.15) is 19.8 Å². The van der Waals surface area contributed by atoms with Crippen LogP contribution in [0.15, 0.2) is 22.8 Å². The minimum Gasteiger partial charge on any atom is -0.336 e. The number of hydrogen-bond acceptors (Lipinski definition) is 4. The van der Waals surface area contributed by atoms with Gasteiger partial charge in [-0.15, -0.1) is 5.10 Å². The van der Waals surface area contributed by atoms with Crippen LogP contribution >= 0.6 is 15.9 Å². The molecule has 0 saturated carbocycles. The van der Waals surface area contributed by atoms with Gasteiger partial charge in [0, 0.05) is 18.8 Å². The van der Waals surface area contributed by atoms with Gasteiger partial charge >= 0.3 is 0 Å². The Bertz CT molecular complexity index is 581. The van der Waals surface area contributed by atoms with Crippen molar-refractivity contribution in [2.45, 2.75) is 25.8 Å². The fourth-order valence-corrected chi connectivity index (χ4v) is 3.06. The molecule has 3 heterocycles. The van der Waals surface area contributed by atoms with Gasteiger partial charge in [0.2, 0.25) is 5.95 Å². The highest BCUT2D eigenvalue weighted by molar-refractivity contribution is 9.10. The van der Waals surface area contributed by atoms with Crippen LogP contribution in [0.3, 0.4) is 0 Å². The Labute approximate surface area is 120 Å². The molecule has 1 aliphatic heterocycles. The number of fused-ring (bicyclic) bond motifs is 1. The Hall–Kier alpha value is -1.14. The zero-order chi connectivity index (χ0) is 13.4. The number of nitrogens with zero attached hydrogens (tertiary/aromatic N) is 4. The number of anilines is 1. The summed E-state index contributed by atoms with van der Waals surface area (Å²) in [5.41, 5.74) is 6.67. The molecule has 1 fully saturated rings. The summed E-state index contributed by atoms with van der Waals surface area (Å²) in [5.74, 6) is 1.35. The molecule has 2 unspecified atom stereocenters. The smallest absolute Gasteiger partial charge is 0.245 e. The second-order valence-corrected chi connectivity index (χ2v) is 6.07. The Kier molecular flexibility index (Phi) is 3.45. The lowest BCUT2D eigenvalue weighted by Crippen LogP contribution is -2.44. The van der Waals surface area contributed by atoms with Crippen molar-refractivity contribution in [3.63, 3.8) is 0 Å². The van der Waals surface area contributed by atoms with Crippen molar-refractivity contribution in [3.05, 3.63) is 22.8 Å². The maximum absolute atomic E-state index is 5.81. The van der Waals surface area contributed by atoms with E-state index in [2.05, 4.69) is 37.8 Å². The van der Waals surface area contributed by atoms with Crippen LogP contribution < -0.4 is 10.6 Å². The van der Waals surface area contributed by atoms with Gasteiger partial charge < -0.3 is 10.6 Å². The van der Waals surface area contributed by atoms with Crippen LogP contribution in [0, 0.1) is 5.92 Å². The van der Waals surface area contributed by atoms with Crippen molar-refractivity contribution in [3.8, 4) is 0 Å². The Morgan fingerprint density at radius 2 is 2.32 bits per heavy atom. The molecule has 6 heteroatoms. The molecule has 0 spiro atoms. The van der Waals surface area contributed by atoms with E-state index < -0.39 is 0 Å². The van der Waals surface area contributed by atoms with Gasteiger partial charge in [-0.3, -0.25) is 0 Å². The van der Waals surface area contributed by atoms with Crippen molar-refractivity contribution >= 4 is 27.5 Å². The summed E-state index contributed by atoms with van der Waals surface area (Å²) in [6.07, 6.45) is 4.27. The highest BCUT2D eigenvalue weighted by Crippen LogP contribution is 2.26. The quantitative estimate of drug-likeness (QED) is 0.919. The number of nitrogens with two attached hydrogens (primary N) is 1. The molecule has 2 N–H and O–H groups in total. The fraction of sp³-hybridized carbons (Fsp3) is 0.538. The Balaban J connectivity index is 1.96. The van der Waals surface area contributed by atoms with Crippen LogP contribution in [0.4, 0.5) is 5.95 Å². The molecule has 102 valence electrons. The van der Waals surface area contributed by atoms with Gasteiger partial charge in [-0.05, 0) is 60.3 Å². The highest BCUT2D eigenvalue weighted by atomic mass is 79.9. The lowest BCUT2D eigenvalue weighted by molar-refractivity contribution is 0.369. The first-order valence-corrected chi connectivity index (χ1v) is 7.46. The molecule has 2 aromatic heterocycles. The van der Waals surface area contributed by atoms with E-state index in [0.717, 1.165) is 35.6 Å². The second-order valence-electron chi connectivity index (χ2n) is 5.22. The summed E-state index contributed by atoms with van der Waals surface area (Å²) in [5, 5.41) is 4.58. The molecule has 0 radical (unpaired) electrons. The Morgan fingerprint density at radius 3 is 3.05 bits per heavy atom. The van der Waals surface area contributed by atoms with Crippen LogP contribution in [-0.2, 0) is 0 Å². The van der Waals surface area contributed by atoms with Crippen molar-refractivity contribution in [2.24, 2.45) is 11.7 Å². The van der Waals surface area contributed by atoms with Gasteiger partial charge in [0.15, 0.2) is 5.65 Å². The largest absolute Gasteiger partial charge is 0.336 e. The average molecular weight is 324 g/mol. The number of piperidine rings is 1. The molecule has 2 atom stereocenters. The molecule has 1 saturated heterocycles. The van der Waals surface area contributed by atoms with E-state index in [9.17, 15) is 0 Å². The topological polar surface area (TPSA) is 59.5 Å². The fourth-order valence-electron chi connectivity index (χ4n) is 2.64. The van der Waals surface area contributed by atoms with E-state index >= 15 is 0 Å². The molecular formula is C13H18BrN5. The average Bonchev–Trinajstić information content (AvgIpc) is 2.84. The number of aromatic nitrogens is 3. The third-order valence-corrected chi connectivity index (χ3v) is 4.49. The number of rotatable bonds is 2. The molecule has 0 amide bonds. The van der Waals surface area contributed by atoms with Crippen LogP contribution in [0.5, 0.6) is 0 Å². The predicted molar refractivity (Wildman–Crippen MR) is 79.3 cm³/mol. The third kappa shape index (κ3) is 2.34. The molecule has 5 nitrogen and oxygen atoms in total. The van der Waals surface area contributed by atoms with E-state index in [1.165, 1.54) is 6.42 Å². The zero-order valence-corrected chi connectivity index (χ0v) is 12.5. The first-order valence-electron chi connectivity index (χ1n) is 6.66. The molecule has 19 heavy (non-hydrogen) atoms.